The lowest BCUT2D eigenvalue weighted by Gasteiger charge is -2.16. The minimum absolute atomic E-state index is 0.0439. The van der Waals surface area contributed by atoms with Gasteiger partial charge in [-0.25, -0.2) is 9.48 Å². The second-order valence-corrected chi connectivity index (χ2v) is 8.13. The van der Waals surface area contributed by atoms with Crippen molar-refractivity contribution in [1.29, 1.82) is 0 Å². The van der Waals surface area contributed by atoms with Crippen LogP contribution in [0.1, 0.15) is 30.0 Å². The molecule has 1 unspecified atom stereocenters. The van der Waals surface area contributed by atoms with Crippen LogP contribution in [0.5, 0.6) is 0 Å². The van der Waals surface area contributed by atoms with Gasteiger partial charge in [-0.1, -0.05) is 55.0 Å². The summed E-state index contributed by atoms with van der Waals surface area (Å²) in [6, 6.07) is 14.8. The minimum atomic E-state index is -0.688. The Hall–Kier alpha value is -3.20. The van der Waals surface area contributed by atoms with Gasteiger partial charge in [0.2, 0.25) is 5.16 Å². The highest BCUT2D eigenvalue weighted by atomic mass is 32.2. The van der Waals surface area contributed by atoms with Crippen LogP contribution in [-0.2, 0) is 22.7 Å². The van der Waals surface area contributed by atoms with E-state index in [-0.39, 0.29) is 18.9 Å². The number of rotatable bonds is 9. The van der Waals surface area contributed by atoms with Crippen molar-refractivity contribution in [2.24, 2.45) is 0 Å². The summed E-state index contributed by atoms with van der Waals surface area (Å²) >= 11 is 1.40. The van der Waals surface area contributed by atoms with Crippen molar-refractivity contribution in [3.63, 3.8) is 0 Å². The number of hydrogen-bond acceptors (Lipinski definition) is 7. The van der Waals surface area contributed by atoms with E-state index in [1.807, 2.05) is 63.2 Å². The van der Waals surface area contributed by atoms with E-state index in [4.69, 9.17) is 4.74 Å². The average Bonchev–Trinajstić information content (AvgIpc) is 3.19. The molecule has 0 saturated carbocycles. The number of benzene rings is 2. The number of nitrogens with one attached hydrogen (secondary N) is 1. The molecule has 0 fully saturated rings. The number of carbonyl (C=O) groups excluding carboxylic acids is 2. The lowest BCUT2D eigenvalue weighted by atomic mass is 10.1. The Morgan fingerprint density at radius 3 is 2.65 bits per heavy atom. The first-order valence-electron chi connectivity index (χ1n) is 9.97. The van der Waals surface area contributed by atoms with Crippen LogP contribution < -0.4 is 5.32 Å². The van der Waals surface area contributed by atoms with Gasteiger partial charge in [-0.3, -0.25) is 4.79 Å². The molecule has 1 amide bonds. The molecule has 0 radical (unpaired) electrons. The zero-order valence-electron chi connectivity index (χ0n) is 17.7. The number of ether oxygens (including phenoxy) is 1. The maximum Gasteiger partial charge on any atom is 0.408 e. The monoisotopic (exact) mass is 439 g/mol. The molecule has 3 aromatic rings. The molecular weight excluding hydrogens is 414 g/mol. The maximum atomic E-state index is 12.8. The molecular formula is C22H25N5O3S. The fourth-order valence-corrected chi connectivity index (χ4v) is 3.79. The van der Waals surface area contributed by atoms with Gasteiger partial charge in [0.25, 0.3) is 0 Å². The van der Waals surface area contributed by atoms with Crippen LogP contribution in [0.25, 0.3) is 0 Å². The maximum absolute atomic E-state index is 12.8. The summed E-state index contributed by atoms with van der Waals surface area (Å²) in [5.41, 5.74) is 3.16. The molecule has 9 heteroatoms. The number of aryl methyl sites for hydroxylation is 2. The fourth-order valence-electron chi connectivity index (χ4n) is 2.96. The Kier molecular flexibility index (Phi) is 7.77. The topological polar surface area (TPSA) is 99.0 Å². The highest BCUT2D eigenvalue weighted by Crippen LogP contribution is 2.28. The summed E-state index contributed by atoms with van der Waals surface area (Å²) in [4.78, 5) is 25.9. The standard InChI is InChI=1S/C22H25N5O3S/c1-4-18(23-22(29)30-14-17-8-6-5-7-9-17)19(28)13-27-21(24-25-26-27)31-20-11-10-15(2)12-16(20)3/h5-12,18H,4,13-14H2,1-3H3,(H,23,29). The van der Waals surface area contributed by atoms with Gasteiger partial charge < -0.3 is 10.1 Å². The van der Waals surface area contributed by atoms with Gasteiger partial charge in [0.05, 0.1) is 6.04 Å². The predicted molar refractivity (Wildman–Crippen MR) is 117 cm³/mol. The summed E-state index contributed by atoms with van der Waals surface area (Å²) in [7, 11) is 0. The van der Waals surface area contributed by atoms with Crippen molar-refractivity contribution in [3.8, 4) is 0 Å². The van der Waals surface area contributed by atoms with E-state index in [0.29, 0.717) is 11.6 Å². The average molecular weight is 440 g/mol. The highest BCUT2D eigenvalue weighted by molar-refractivity contribution is 7.99. The Labute approximate surface area is 185 Å². The predicted octanol–water partition coefficient (Wildman–Crippen LogP) is 3.72. The third-order valence-electron chi connectivity index (χ3n) is 4.64. The van der Waals surface area contributed by atoms with Crippen LogP contribution in [0.15, 0.2) is 58.6 Å². The number of tetrazole rings is 1. The van der Waals surface area contributed by atoms with Crippen molar-refractivity contribution in [2.75, 3.05) is 0 Å². The summed E-state index contributed by atoms with van der Waals surface area (Å²) < 4.78 is 6.67. The van der Waals surface area contributed by atoms with Crippen molar-refractivity contribution in [2.45, 2.75) is 56.4 Å². The molecule has 1 aromatic heterocycles. The zero-order valence-corrected chi connectivity index (χ0v) is 18.6. The second kappa shape index (κ2) is 10.7. The van der Waals surface area contributed by atoms with E-state index in [2.05, 4.69) is 26.9 Å². The van der Waals surface area contributed by atoms with Gasteiger partial charge in [0.15, 0.2) is 5.78 Å². The van der Waals surface area contributed by atoms with Crippen molar-refractivity contribution in [3.05, 3.63) is 65.2 Å². The van der Waals surface area contributed by atoms with Gasteiger partial charge in [-0.05, 0) is 59.7 Å². The molecule has 1 heterocycles. The van der Waals surface area contributed by atoms with E-state index >= 15 is 0 Å². The van der Waals surface area contributed by atoms with E-state index in [1.54, 1.807) is 0 Å². The first-order valence-corrected chi connectivity index (χ1v) is 10.8. The quantitative estimate of drug-likeness (QED) is 0.542. The van der Waals surface area contributed by atoms with Crippen LogP contribution in [-0.4, -0.2) is 38.1 Å². The summed E-state index contributed by atoms with van der Waals surface area (Å²) in [6.45, 7) is 5.98. The molecule has 162 valence electrons. The highest BCUT2D eigenvalue weighted by Gasteiger charge is 2.22. The number of aromatic nitrogens is 4. The lowest BCUT2D eigenvalue weighted by Crippen LogP contribution is -2.42. The Morgan fingerprint density at radius 2 is 1.94 bits per heavy atom. The SMILES string of the molecule is CCC(NC(=O)OCc1ccccc1)C(=O)Cn1nnnc1Sc1ccc(C)cc1C. The lowest BCUT2D eigenvalue weighted by molar-refractivity contribution is -0.122. The molecule has 0 bridgehead atoms. The van der Waals surface area contributed by atoms with E-state index in [1.165, 1.54) is 22.0 Å². The normalized spacial score (nSPS) is 11.7. The third kappa shape index (κ3) is 6.39. The molecule has 1 N–H and O–H groups in total. The van der Waals surface area contributed by atoms with Gasteiger partial charge in [-0.2, -0.15) is 0 Å². The number of carbonyl (C=O) groups is 2. The van der Waals surface area contributed by atoms with Crippen LogP contribution in [0.4, 0.5) is 4.79 Å². The Bertz CT molecular complexity index is 1040. The number of ketones is 1. The fraction of sp³-hybridized carbons (Fsp3) is 0.318. The van der Waals surface area contributed by atoms with Crippen LogP contribution in [0.3, 0.4) is 0 Å². The molecule has 1 atom stereocenters. The third-order valence-corrected chi connectivity index (χ3v) is 5.79. The molecule has 2 aromatic carbocycles. The first kappa shape index (κ1) is 22.5. The molecule has 0 aliphatic heterocycles. The van der Waals surface area contributed by atoms with Crippen molar-refractivity contribution >= 4 is 23.6 Å². The molecule has 0 aliphatic rings. The van der Waals surface area contributed by atoms with E-state index in [9.17, 15) is 9.59 Å². The largest absolute Gasteiger partial charge is 0.445 e. The summed E-state index contributed by atoms with van der Waals surface area (Å²) in [6.07, 6.45) is -0.202. The Balaban J connectivity index is 1.58. The van der Waals surface area contributed by atoms with Crippen LogP contribution in [0, 0.1) is 13.8 Å². The molecule has 3 rings (SSSR count). The summed E-state index contributed by atoms with van der Waals surface area (Å²) in [5.74, 6) is -0.200. The smallest absolute Gasteiger partial charge is 0.408 e. The number of amides is 1. The zero-order chi connectivity index (χ0) is 22.2. The molecule has 0 aliphatic carbocycles. The summed E-state index contributed by atoms with van der Waals surface area (Å²) in [5, 5.41) is 14.8. The van der Waals surface area contributed by atoms with Gasteiger partial charge in [0.1, 0.15) is 13.2 Å². The molecule has 0 spiro atoms. The van der Waals surface area contributed by atoms with Crippen molar-refractivity contribution < 1.29 is 14.3 Å². The van der Waals surface area contributed by atoms with Crippen LogP contribution in [0.2, 0.25) is 0 Å². The number of nitrogens with zero attached hydrogens (tertiary/aromatic N) is 4. The first-order chi connectivity index (χ1) is 15.0. The van der Waals surface area contributed by atoms with E-state index < -0.39 is 12.1 Å². The van der Waals surface area contributed by atoms with Gasteiger partial charge >= 0.3 is 6.09 Å². The van der Waals surface area contributed by atoms with Crippen LogP contribution >= 0.6 is 11.8 Å². The van der Waals surface area contributed by atoms with Crippen molar-refractivity contribution in [1.82, 2.24) is 25.5 Å². The molecule has 31 heavy (non-hydrogen) atoms. The number of Topliss-reactive ketones (excluding diaryl/α,β-unsaturated/α-hetero) is 1. The molecule has 8 nitrogen and oxygen atoms in total. The number of hydrogen-bond donors (Lipinski definition) is 1. The Morgan fingerprint density at radius 1 is 1.16 bits per heavy atom. The molecule has 0 saturated heterocycles. The van der Waals surface area contributed by atoms with E-state index in [0.717, 1.165) is 16.0 Å². The number of alkyl carbamates (subject to hydrolysis) is 1. The van der Waals surface area contributed by atoms with Gasteiger partial charge in [-0.15, -0.1) is 5.10 Å². The van der Waals surface area contributed by atoms with Gasteiger partial charge in [0, 0.05) is 4.90 Å². The minimum Gasteiger partial charge on any atom is -0.445 e. The second-order valence-electron chi connectivity index (χ2n) is 7.12.